The minimum absolute atomic E-state index is 0.189. The van der Waals surface area contributed by atoms with Crippen LogP contribution >= 0.6 is 23.2 Å². The van der Waals surface area contributed by atoms with Gasteiger partial charge in [0.05, 0.1) is 17.1 Å². The van der Waals surface area contributed by atoms with E-state index in [0.29, 0.717) is 34.4 Å². The maximum atomic E-state index is 13.0. The molecule has 1 aliphatic heterocycles. The van der Waals surface area contributed by atoms with Gasteiger partial charge in [-0.15, -0.1) is 0 Å². The van der Waals surface area contributed by atoms with Crippen molar-refractivity contribution >= 4 is 46.6 Å². The number of anilines is 1. The third-order valence-electron chi connectivity index (χ3n) is 4.93. The van der Waals surface area contributed by atoms with Crippen molar-refractivity contribution < 1.29 is 14.4 Å². The topological polar surface area (TPSA) is 78.5 Å². The summed E-state index contributed by atoms with van der Waals surface area (Å²) in [7, 11) is 0. The molecule has 2 aromatic carbocycles. The first-order valence-electron chi connectivity index (χ1n) is 9.17. The van der Waals surface area contributed by atoms with Gasteiger partial charge < -0.3 is 15.5 Å². The van der Waals surface area contributed by atoms with Gasteiger partial charge in [0, 0.05) is 23.7 Å². The van der Waals surface area contributed by atoms with Crippen molar-refractivity contribution in [3.63, 3.8) is 0 Å². The zero-order chi connectivity index (χ0) is 21.1. The third-order valence-corrected chi connectivity index (χ3v) is 5.49. The van der Waals surface area contributed by atoms with Gasteiger partial charge >= 0.3 is 0 Å². The molecule has 8 heteroatoms. The lowest BCUT2D eigenvalue weighted by molar-refractivity contribution is -0.131. The van der Waals surface area contributed by atoms with Gasteiger partial charge in [-0.25, -0.2) is 0 Å². The van der Waals surface area contributed by atoms with Gasteiger partial charge in [0.1, 0.15) is 6.04 Å². The number of nitrogens with zero attached hydrogens (tertiary/aromatic N) is 1. The summed E-state index contributed by atoms with van der Waals surface area (Å²) in [5.41, 5.74) is 2.91. The van der Waals surface area contributed by atoms with E-state index >= 15 is 0 Å². The fourth-order valence-electron chi connectivity index (χ4n) is 3.17. The van der Waals surface area contributed by atoms with Crippen LogP contribution in [0.5, 0.6) is 0 Å². The van der Waals surface area contributed by atoms with Crippen LogP contribution in [-0.4, -0.2) is 41.8 Å². The lowest BCUT2D eigenvalue weighted by atomic mass is 10.0. The van der Waals surface area contributed by atoms with Crippen LogP contribution in [0.4, 0.5) is 5.69 Å². The molecule has 0 aromatic heterocycles. The van der Waals surface area contributed by atoms with Gasteiger partial charge in [-0.05, 0) is 55.3 Å². The molecule has 3 amide bonds. The van der Waals surface area contributed by atoms with Crippen LogP contribution in [0.1, 0.15) is 27.9 Å². The lowest BCUT2D eigenvalue weighted by Crippen LogP contribution is -2.58. The summed E-state index contributed by atoms with van der Waals surface area (Å²) < 4.78 is 0. The predicted molar refractivity (Wildman–Crippen MR) is 113 cm³/mol. The molecule has 0 radical (unpaired) electrons. The Morgan fingerprint density at radius 1 is 1.14 bits per heavy atom. The highest BCUT2D eigenvalue weighted by molar-refractivity contribution is 6.35. The molecule has 2 N–H and O–H groups in total. The number of rotatable bonds is 4. The highest BCUT2D eigenvalue weighted by Crippen LogP contribution is 2.26. The second-order valence-electron chi connectivity index (χ2n) is 6.98. The Balaban J connectivity index is 1.78. The standard InChI is InChI=1S/C21H21Cl2N3O3/c1-12-3-4-14(9-13(12)2)21(29)26-8-7-24-20(28)18(26)11-19(27)25-17-10-15(22)5-6-16(17)23/h3-6,9-10,18H,7-8,11H2,1-2H3,(H,24,28)(H,25,27)/t18-/m0/s1. The highest BCUT2D eigenvalue weighted by Gasteiger charge is 2.35. The predicted octanol–water partition coefficient (Wildman–Crippen LogP) is 3.58. The van der Waals surface area contributed by atoms with E-state index in [4.69, 9.17) is 23.2 Å². The molecule has 6 nitrogen and oxygen atoms in total. The summed E-state index contributed by atoms with van der Waals surface area (Å²) in [5.74, 6) is -1.07. The molecular formula is C21H21Cl2N3O3. The van der Waals surface area contributed by atoms with E-state index in [2.05, 4.69) is 10.6 Å². The Morgan fingerprint density at radius 2 is 1.90 bits per heavy atom. The van der Waals surface area contributed by atoms with Crippen LogP contribution < -0.4 is 10.6 Å². The fourth-order valence-corrected chi connectivity index (χ4v) is 3.51. The molecule has 2 aromatic rings. The van der Waals surface area contributed by atoms with Crippen LogP contribution in [0, 0.1) is 13.8 Å². The maximum absolute atomic E-state index is 13.0. The normalized spacial score (nSPS) is 16.3. The van der Waals surface area contributed by atoms with Gasteiger partial charge in [0.2, 0.25) is 11.8 Å². The van der Waals surface area contributed by atoms with E-state index in [1.54, 1.807) is 24.3 Å². The van der Waals surface area contributed by atoms with E-state index in [0.717, 1.165) is 11.1 Å². The molecule has 1 heterocycles. The van der Waals surface area contributed by atoms with Crippen molar-refractivity contribution in [3.8, 4) is 0 Å². The smallest absolute Gasteiger partial charge is 0.254 e. The molecule has 3 rings (SSSR count). The molecular weight excluding hydrogens is 413 g/mol. The number of carbonyl (C=O) groups is 3. The highest BCUT2D eigenvalue weighted by atomic mass is 35.5. The minimum Gasteiger partial charge on any atom is -0.353 e. The Hall–Kier alpha value is -2.57. The zero-order valence-corrected chi connectivity index (χ0v) is 17.6. The van der Waals surface area contributed by atoms with Crippen LogP contribution in [0.25, 0.3) is 0 Å². The lowest BCUT2D eigenvalue weighted by Gasteiger charge is -2.35. The number of piperazine rings is 1. The summed E-state index contributed by atoms with van der Waals surface area (Å²) in [6.45, 7) is 4.56. The van der Waals surface area contributed by atoms with Crippen molar-refractivity contribution in [1.29, 1.82) is 0 Å². The Kier molecular flexibility index (Phi) is 6.45. The molecule has 1 fully saturated rings. The van der Waals surface area contributed by atoms with Crippen LogP contribution in [-0.2, 0) is 9.59 Å². The monoisotopic (exact) mass is 433 g/mol. The van der Waals surface area contributed by atoms with E-state index in [9.17, 15) is 14.4 Å². The first-order valence-corrected chi connectivity index (χ1v) is 9.92. The number of carbonyl (C=O) groups excluding carboxylic acids is 3. The second kappa shape index (κ2) is 8.84. The number of benzene rings is 2. The van der Waals surface area contributed by atoms with Crippen molar-refractivity contribution in [3.05, 3.63) is 63.1 Å². The van der Waals surface area contributed by atoms with E-state index in [1.165, 1.54) is 11.0 Å². The van der Waals surface area contributed by atoms with E-state index < -0.39 is 11.9 Å². The summed E-state index contributed by atoms with van der Waals surface area (Å²) in [6.07, 6.45) is -0.189. The van der Waals surface area contributed by atoms with Gasteiger partial charge in [-0.2, -0.15) is 0 Å². The zero-order valence-electron chi connectivity index (χ0n) is 16.1. The molecule has 1 aliphatic rings. The maximum Gasteiger partial charge on any atom is 0.254 e. The number of aryl methyl sites for hydroxylation is 2. The molecule has 0 bridgehead atoms. The van der Waals surface area contributed by atoms with Gasteiger partial charge in [-0.1, -0.05) is 29.3 Å². The molecule has 1 atom stereocenters. The van der Waals surface area contributed by atoms with Crippen molar-refractivity contribution in [2.75, 3.05) is 18.4 Å². The number of halogens is 2. The van der Waals surface area contributed by atoms with E-state index in [-0.39, 0.29) is 18.2 Å². The van der Waals surface area contributed by atoms with Crippen LogP contribution in [0.2, 0.25) is 10.0 Å². The Bertz CT molecular complexity index is 978. The largest absolute Gasteiger partial charge is 0.353 e. The summed E-state index contributed by atoms with van der Waals surface area (Å²) in [6, 6.07) is 9.21. The average Bonchev–Trinajstić information content (AvgIpc) is 2.68. The molecule has 1 saturated heterocycles. The Labute approximate surface area is 179 Å². The summed E-state index contributed by atoms with van der Waals surface area (Å²) in [5, 5.41) is 6.14. The second-order valence-corrected chi connectivity index (χ2v) is 7.82. The first kappa shape index (κ1) is 21.1. The average molecular weight is 434 g/mol. The SMILES string of the molecule is Cc1ccc(C(=O)N2CCNC(=O)[C@@H]2CC(=O)Nc2cc(Cl)ccc2Cl)cc1C. The molecule has 0 spiro atoms. The first-order chi connectivity index (χ1) is 13.8. The molecule has 0 unspecified atom stereocenters. The van der Waals surface area contributed by atoms with Crippen molar-refractivity contribution in [2.45, 2.75) is 26.3 Å². The van der Waals surface area contributed by atoms with Crippen LogP contribution in [0.3, 0.4) is 0 Å². The number of hydrogen-bond acceptors (Lipinski definition) is 3. The van der Waals surface area contributed by atoms with E-state index in [1.807, 2.05) is 19.9 Å². The van der Waals surface area contributed by atoms with Crippen molar-refractivity contribution in [1.82, 2.24) is 10.2 Å². The summed E-state index contributed by atoms with van der Waals surface area (Å²) >= 11 is 12.0. The minimum atomic E-state index is -0.907. The molecule has 0 aliphatic carbocycles. The van der Waals surface area contributed by atoms with Gasteiger partial charge in [0.25, 0.3) is 5.91 Å². The van der Waals surface area contributed by atoms with Crippen LogP contribution in [0.15, 0.2) is 36.4 Å². The number of nitrogens with one attached hydrogen (secondary N) is 2. The fraction of sp³-hybridized carbons (Fsp3) is 0.286. The van der Waals surface area contributed by atoms with Gasteiger partial charge in [-0.3, -0.25) is 14.4 Å². The number of hydrogen-bond donors (Lipinski definition) is 2. The third kappa shape index (κ3) is 4.89. The number of amides is 3. The molecule has 152 valence electrons. The van der Waals surface area contributed by atoms with Crippen molar-refractivity contribution in [2.24, 2.45) is 0 Å². The molecule has 29 heavy (non-hydrogen) atoms. The summed E-state index contributed by atoms with van der Waals surface area (Å²) in [4.78, 5) is 39.5. The quantitative estimate of drug-likeness (QED) is 0.772. The molecule has 0 saturated carbocycles. The van der Waals surface area contributed by atoms with Gasteiger partial charge in [0.15, 0.2) is 0 Å². The Morgan fingerprint density at radius 3 is 2.62 bits per heavy atom.